The van der Waals surface area contributed by atoms with Crippen LogP contribution in [0.15, 0.2) is 24.3 Å². The molecule has 0 heterocycles. The molecule has 0 spiro atoms. The van der Waals surface area contributed by atoms with Crippen molar-refractivity contribution < 1.29 is 32.6 Å². The van der Waals surface area contributed by atoms with Crippen molar-refractivity contribution in [2.24, 2.45) is 0 Å². The van der Waals surface area contributed by atoms with Gasteiger partial charge in [0.2, 0.25) is 0 Å². The molecule has 98 valence electrons. The molecule has 1 aromatic carbocycles. The Morgan fingerprint density at radius 3 is 2.44 bits per heavy atom. The van der Waals surface area contributed by atoms with E-state index < -0.39 is 23.9 Å². The number of carbonyl (C=O) groups is 2. The number of carboxylic acids is 1. The maximum absolute atomic E-state index is 11.9. The zero-order chi connectivity index (χ0) is 13.8. The quantitative estimate of drug-likeness (QED) is 0.828. The molecule has 0 aromatic heterocycles. The van der Waals surface area contributed by atoms with Gasteiger partial charge in [-0.05, 0) is 12.1 Å². The van der Waals surface area contributed by atoms with E-state index in [1.807, 2.05) is 0 Å². The van der Waals surface area contributed by atoms with E-state index in [1.165, 1.54) is 12.1 Å². The molecule has 0 aliphatic heterocycles. The number of Topliss-reactive ketones (excluding diaryl/α,β-unsaturated/α-hetero) is 1. The van der Waals surface area contributed by atoms with Gasteiger partial charge < -0.3 is 9.84 Å². The van der Waals surface area contributed by atoms with Gasteiger partial charge in [0.05, 0.1) is 6.42 Å². The zero-order valence-corrected chi connectivity index (χ0v) is 9.03. The van der Waals surface area contributed by atoms with Crippen LogP contribution in [0, 0.1) is 0 Å². The average molecular weight is 262 g/mol. The van der Waals surface area contributed by atoms with Crippen LogP contribution < -0.4 is 4.74 Å². The molecule has 0 fully saturated rings. The Morgan fingerprint density at radius 2 is 1.89 bits per heavy atom. The fourth-order valence-electron chi connectivity index (χ4n) is 1.23. The second-order valence-corrected chi connectivity index (χ2v) is 3.39. The lowest BCUT2D eigenvalue weighted by Crippen LogP contribution is -2.17. The van der Waals surface area contributed by atoms with Crippen LogP contribution in [-0.2, 0) is 4.79 Å². The Morgan fingerprint density at radius 1 is 1.22 bits per heavy atom. The lowest BCUT2D eigenvalue weighted by molar-refractivity contribution is -0.274. The summed E-state index contributed by atoms with van der Waals surface area (Å²) in [4.78, 5) is 21.7. The van der Waals surface area contributed by atoms with E-state index >= 15 is 0 Å². The second kappa shape index (κ2) is 5.52. The summed E-state index contributed by atoms with van der Waals surface area (Å²) in [5.41, 5.74) is -0.0157. The number of carboxylic acid groups (broad SMARTS) is 1. The molecule has 0 bridgehead atoms. The van der Waals surface area contributed by atoms with Crippen LogP contribution in [0.5, 0.6) is 5.75 Å². The number of aliphatic carboxylic acids is 1. The molecule has 18 heavy (non-hydrogen) atoms. The summed E-state index contributed by atoms with van der Waals surface area (Å²) in [7, 11) is 0. The number of carbonyl (C=O) groups excluding carboxylic acids is 1. The summed E-state index contributed by atoms with van der Waals surface area (Å²) in [6, 6.07) is 4.52. The highest BCUT2D eigenvalue weighted by molar-refractivity contribution is 5.97. The molecule has 0 unspecified atom stereocenters. The Bertz CT molecular complexity index is 454. The summed E-state index contributed by atoms with van der Waals surface area (Å²) in [6.07, 6.45) is -5.48. The number of rotatable bonds is 5. The number of halogens is 3. The molecule has 1 rings (SSSR count). The van der Waals surface area contributed by atoms with Crippen molar-refractivity contribution in [1.82, 2.24) is 0 Å². The van der Waals surface area contributed by atoms with Gasteiger partial charge >= 0.3 is 12.3 Å². The van der Waals surface area contributed by atoms with Crippen molar-refractivity contribution in [1.29, 1.82) is 0 Å². The van der Waals surface area contributed by atoms with Crippen LogP contribution in [0.1, 0.15) is 23.2 Å². The van der Waals surface area contributed by atoms with E-state index in [2.05, 4.69) is 4.74 Å². The third-order valence-corrected chi connectivity index (χ3v) is 1.96. The standard InChI is InChI=1S/C11H9F3O4/c12-11(13,14)18-8-3-1-2-7(6-8)9(15)4-5-10(16)17/h1-3,6H,4-5H2,(H,16,17). The van der Waals surface area contributed by atoms with Crippen molar-refractivity contribution in [2.45, 2.75) is 19.2 Å². The first-order valence-corrected chi connectivity index (χ1v) is 4.89. The molecule has 1 N–H and O–H groups in total. The first-order valence-electron chi connectivity index (χ1n) is 4.89. The Labute approximate surface area is 100.0 Å². The van der Waals surface area contributed by atoms with E-state index in [9.17, 15) is 22.8 Å². The van der Waals surface area contributed by atoms with Crippen molar-refractivity contribution in [3.63, 3.8) is 0 Å². The fourth-order valence-corrected chi connectivity index (χ4v) is 1.23. The summed E-state index contributed by atoms with van der Waals surface area (Å²) < 4.78 is 39.5. The second-order valence-electron chi connectivity index (χ2n) is 3.39. The van der Waals surface area contributed by atoms with Crippen molar-refractivity contribution in [2.75, 3.05) is 0 Å². The maximum atomic E-state index is 11.9. The highest BCUT2D eigenvalue weighted by atomic mass is 19.4. The minimum absolute atomic E-state index is 0.0157. The van der Waals surface area contributed by atoms with Gasteiger partial charge in [-0.15, -0.1) is 13.2 Å². The lowest BCUT2D eigenvalue weighted by atomic mass is 10.1. The number of hydrogen-bond acceptors (Lipinski definition) is 3. The molecule has 0 radical (unpaired) electrons. The average Bonchev–Trinajstić information content (AvgIpc) is 2.23. The van der Waals surface area contributed by atoms with Crippen LogP contribution in [0.3, 0.4) is 0 Å². The summed E-state index contributed by atoms with van der Waals surface area (Å²) in [6.45, 7) is 0. The first-order chi connectivity index (χ1) is 8.28. The van der Waals surface area contributed by atoms with Crippen LogP contribution in [0.4, 0.5) is 13.2 Å². The third kappa shape index (κ3) is 4.86. The van der Waals surface area contributed by atoms with Crippen molar-refractivity contribution in [3.8, 4) is 5.75 Å². The van der Waals surface area contributed by atoms with Crippen LogP contribution >= 0.6 is 0 Å². The summed E-state index contributed by atoms with van der Waals surface area (Å²) in [5, 5.41) is 8.39. The zero-order valence-electron chi connectivity index (χ0n) is 9.03. The highest BCUT2D eigenvalue weighted by Crippen LogP contribution is 2.23. The topological polar surface area (TPSA) is 63.6 Å². The van der Waals surface area contributed by atoms with E-state index in [4.69, 9.17) is 5.11 Å². The van der Waals surface area contributed by atoms with Gasteiger partial charge in [-0.3, -0.25) is 9.59 Å². The van der Waals surface area contributed by atoms with Gasteiger partial charge in [-0.2, -0.15) is 0 Å². The smallest absolute Gasteiger partial charge is 0.481 e. The van der Waals surface area contributed by atoms with Gasteiger partial charge in [-0.25, -0.2) is 0 Å². The van der Waals surface area contributed by atoms with Crippen molar-refractivity contribution in [3.05, 3.63) is 29.8 Å². The van der Waals surface area contributed by atoms with Crippen molar-refractivity contribution >= 4 is 11.8 Å². The minimum Gasteiger partial charge on any atom is -0.481 e. The molecule has 0 aliphatic rings. The minimum atomic E-state index is -4.83. The molecule has 1 aromatic rings. The molecule has 0 saturated carbocycles. The van der Waals surface area contributed by atoms with Gasteiger partial charge in [0.25, 0.3) is 0 Å². The van der Waals surface area contributed by atoms with Gasteiger partial charge in [0, 0.05) is 12.0 Å². The summed E-state index contributed by atoms with van der Waals surface area (Å²) in [5.74, 6) is -2.21. The highest BCUT2D eigenvalue weighted by Gasteiger charge is 2.31. The third-order valence-electron chi connectivity index (χ3n) is 1.96. The maximum Gasteiger partial charge on any atom is 0.573 e. The molecule has 7 heteroatoms. The summed E-state index contributed by atoms with van der Waals surface area (Å²) >= 11 is 0. The Balaban J connectivity index is 2.75. The number of ether oxygens (including phenoxy) is 1. The lowest BCUT2D eigenvalue weighted by Gasteiger charge is -2.09. The molecule has 0 atom stereocenters. The van der Waals surface area contributed by atoms with Crippen LogP contribution in [-0.4, -0.2) is 23.2 Å². The number of ketones is 1. The molecular formula is C11H9F3O4. The number of benzene rings is 1. The van der Waals surface area contributed by atoms with Gasteiger partial charge in [0.1, 0.15) is 5.75 Å². The largest absolute Gasteiger partial charge is 0.573 e. The Hall–Kier alpha value is -2.05. The molecule has 0 saturated heterocycles. The Kier molecular flexibility index (Phi) is 4.30. The molecule has 4 nitrogen and oxygen atoms in total. The molecule has 0 aliphatic carbocycles. The normalized spacial score (nSPS) is 11.1. The van der Waals surface area contributed by atoms with Crippen LogP contribution in [0.2, 0.25) is 0 Å². The van der Waals surface area contributed by atoms with E-state index in [-0.39, 0.29) is 18.4 Å². The predicted molar refractivity (Wildman–Crippen MR) is 54.3 cm³/mol. The number of hydrogen-bond donors (Lipinski definition) is 1. The van der Waals surface area contributed by atoms with Crippen LogP contribution in [0.25, 0.3) is 0 Å². The van der Waals surface area contributed by atoms with E-state index in [1.54, 1.807) is 0 Å². The monoisotopic (exact) mass is 262 g/mol. The molecular weight excluding hydrogens is 253 g/mol. The van der Waals surface area contributed by atoms with E-state index in [0.717, 1.165) is 12.1 Å². The first kappa shape index (κ1) is 14.0. The number of alkyl halides is 3. The molecule has 0 amide bonds. The van der Waals surface area contributed by atoms with Gasteiger partial charge in [0.15, 0.2) is 5.78 Å². The SMILES string of the molecule is O=C(O)CCC(=O)c1cccc(OC(F)(F)F)c1. The van der Waals surface area contributed by atoms with E-state index in [0.29, 0.717) is 0 Å². The predicted octanol–water partition coefficient (Wildman–Crippen LogP) is 2.63. The van der Waals surface area contributed by atoms with Gasteiger partial charge in [-0.1, -0.05) is 12.1 Å². The fraction of sp³-hybridized carbons (Fsp3) is 0.273.